The summed E-state index contributed by atoms with van der Waals surface area (Å²) in [6.45, 7) is 4.17. The fourth-order valence-corrected chi connectivity index (χ4v) is 4.69. The summed E-state index contributed by atoms with van der Waals surface area (Å²) in [6.07, 6.45) is 2.50. The van der Waals surface area contributed by atoms with Gasteiger partial charge in [0.2, 0.25) is 10.0 Å². The van der Waals surface area contributed by atoms with Crippen molar-refractivity contribution in [2.45, 2.75) is 44.0 Å². The monoisotopic (exact) mass is 297 g/mol. The van der Waals surface area contributed by atoms with E-state index in [0.717, 1.165) is 19.3 Å². The molecule has 0 aliphatic carbocycles. The van der Waals surface area contributed by atoms with Crippen molar-refractivity contribution in [2.75, 3.05) is 6.54 Å². The number of carboxylic acid groups (broad SMARTS) is 1. The van der Waals surface area contributed by atoms with Crippen LogP contribution >= 0.6 is 0 Å². The molecule has 1 aliphatic heterocycles. The van der Waals surface area contributed by atoms with Gasteiger partial charge in [-0.1, -0.05) is 13.0 Å². The highest BCUT2D eigenvalue weighted by Crippen LogP contribution is 2.29. The number of rotatable bonds is 4. The zero-order valence-corrected chi connectivity index (χ0v) is 12.5. The Morgan fingerprint density at radius 2 is 2.15 bits per heavy atom. The summed E-state index contributed by atoms with van der Waals surface area (Å²) in [5.74, 6) is -1.12. The number of aromatic carboxylic acids is 1. The average Bonchev–Trinajstić information content (AvgIpc) is 2.87. The third kappa shape index (κ3) is 2.58. The molecule has 0 spiro atoms. The molecule has 1 aromatic rings. The van der Waals surface area contributed by atoms with Crippen LogP contribution in [0.5, 0.6) is 0 Å². The first-order valence-electron chi connectivity index (χ1n) is 6.73. The fourth-order valence-electron chi connectivity index (χ4n) is 2.67. The summed E-state index contributed by atoms with van der Waals surface area (Å²) in [5, 5.41) is 9.02. The Morgan fingerprint density at radius 3 is 2.75 bits per heavy atom. The molecule has 0 aromatic heterocycles. The van der Waals surface area contributed by atoms with Crippen molar-refractivity contribution in [2.24, 2.45) is 0 Å². The van der Waals surface area contributed by atoms with Crippen molar-refractivity contribution in [3.63, 3.8) is 0 Å². The van der Waals surface area contributed by atoms with Crippen LogP contribution in [0.3, 0.4) is 0 Å². The standard InChI is InChI=1S/C14H19NO4S/c1-3-12-5-4-8-15(12)20(18,19)13-9-11(14(16)17)7-6-10(13)2/h6-7,9,12H,3-5,8H2,1-2H3,(H,16,17). The smallest absolute Gasteiger partial charge is 0.335 e. The second-order valence-corrected chi connectivity index (χ2v) is 6.96. The fraction of sp³-hybridized carbons (Fsp3) is 0.500. The molecule has 1 unspecified atom stereocenters. The topological polar surface area (TPSA) is 74.7 Å². The van der Waals surface area contributed by atoms with Crippen molar-refractivity contribution in [3.8, 4) is 0 Å². The van der Waals surface area contributed by atoms with E-state index in [2.05, 4.69) is 0 Å². The summed E-state index contributed by atoms with van der Waals surface area (Å²) >= 11 is 0. The molecule has 6 heteroatoms. The van der Waals surface area contributed by atoms with E-state index < -0.39 is 16.0 Å². The molecular weight excluding hydrogens is 278 g/mol. The van der Waals surface area contributed by atoms with Gasteiger partial charge in [-0.25, -0.2) is 13.2 Å². The molecule has 5 nitrogen and oxygen atoms in total. The van der Waals surface area contributed by atoms with Crippen LogP contribution in [-0.4, -0.2) is 36.4 Å². The van der Waals surface area contributed by atoms with E-state index in [0.29, 0.717) is 12.1 Å². The summed E-state index contributed by atoms with van der Waals surface area (Å²) in [6, 6.07) is 4.26. The van der Waals surface area contributed by atoms with Crippen LogP contribution in [0.2, 0.25) is 0 Å². The second kappa shape index (κ2) is 5.54. The van der Waals surface area contributed by atoms with Gasteiger partial charge in [0, 0.05) is 12.6 Å². The van der Waals surface area contributed by atoms with Gasteiger partial charge in [0.1, 0.15) is 0 Å². The molecule has 2 rings (SSSR count). The number of benzene rings is 1. The minimum Gasteiger partial charge on any atom is -0.478 e. The minimum absolute atomic E-state index is 0.00132. The van der Waals surface area contributed by atoms with Crippen LogP contribution in [0, 0.1) is 6.92 Å². The van der Waals surface area contributed by atoms with Crippen molar-refractivity contribution >= 4 is 16.0 Å². The third-order valence-electron chi connectivity index (χ3n) is 3.82. The summed E-state index contributed by atoms with van der Waals surface area (Å²) < 4.78 is 27.0. The van der Waals surface area contributed by atoms with Crippen molar-refractivity contribution in [1.29, 1.82) is 0 Å². The molecular formula is C14H19NO4S. The quantitative estimate of drug-likeness (QED) is 0.925. The van der Waals surface area contributed by atoms with Crippen LogP contribution in [-0.2, 0) is 10.0 Å². The second-order valence-electron chi connectivity index (χ2n) is 5.11. The molecule has 0 radical (unpaired) electrons. The van der Waals surface area contributed by atoms with Crippen molar-refractivity contribution in [3.05, 3.63) is 29.3 Å². The van der Waals surface area contributed by atoms with Gasteiger partial charge in [-0.3, -0.25) is 0 Å². The number of hydrogen-bond acceptors (Lipinski definition) is 3. The highest BCUT2D eigenvalue weighted by molar-refractivity contribution is 7.89. The molecule has 0 saturated carbocycles. The van der Waals surface area contributed by atoms with Gasteiger partial charge in [0.05, 0.1) is 10.5 Å². The molecule has 0 amide bonds. The maximum Gasteiger partial charge on any atom is 0.335 e. The first-order valence-corrected chi connectivity index (χ1v) is 8.17. The lowest BCUT2D eigenvalue weighted by Crippen LogP contribution is -2.35. The van der Waals surface area contributed by atoms with Gasteiger partial charge in [0.25, 0.3) is 0 Å². The van der Waals surface area contributed by atoms with Gasteiger partial charge in [-0.05, 0) is 43.9 Å². The first kappa shape index (κ1) is 15.0. The van der Waals surface area contributed by atoms with Gasteiger partial charge in [0.15, 0.2) is 0 Å². The Labute approximate surface area is 119 Å². The Hall–Kier alpha value is -1.40. The predicted molar refractivity (Wildman–Crippen MR) is 75.3 cm³/mol. The molecule has 1 heterocycles. The number of hydrogen-bond donors (Lipinski definition) is 1. The number of sulfonamides is 1. The van der Waals surface area contributed by atoms with Crippen molar-refractivity contribution in [1.82, 2.24) is 4.31 Å². The number of nitrogens with zero attached hydrogens (tertiary/aromatic N) is 1. The molecule has 1 fully saturated rings. The van der Waals surface area contributed by atoms with E-state index in [9.17, 15) is 13.2 Å². The molecule has 0 bridgehead atoms. The van der Waals surface area contributed by atoms with Crippen molar-refractivity contribution < 1.29 is 18.3 Å². The van der Waals surface area contributed by atoms with Gasteiger partial charge < -0.3 is 5.11 Å². The molecule has 1 aliphatic rings. The molecule has 1 saturated heterocycles. The van der Waals surface area contributed by atoms with Gasteiger partial charge in [-0.15, -0.1) is 0 Å². The number of carbonyl (C=O) groups is 1. The van der Waals surface area contributed by atoms with Gasteiger partial charge in [-0.2, -0.15) is 4.31 Å². The van der Waals surface area contributed by atoms with E-state index in [-0.39, 0.29) is 16.5 Å². The third-order valence-corrected chi connectivity index (χ3v) is 5.91. The Morgan fingerprint density at radius 1 is 1.45 bits per heavy atom. The Kier molecular flexibility index (Phi) is 4.15. The zero-order chi connectivity index (χ0) is 14.9. The predicted octanol–water partition coefficient (Wildman–Crippen LogP) is 2.26. The SMILES string of the molecule is CCC1CCCN1S(=O)(=O)c1cc(C(=O)O)ccc1C. The van der Waals surface area contributed by atoms with E-state index in [4.69, 9.17) is 5.11 Å². The van der Waals surface area contributed by atoms with E-state index >= 15 is 0 Å². The lowest BCUT2D eigenvalue weighted by molar-refractivity contribution is 0.0696. The van der Waals surface area contributed by atoms with Crippen LogP contribution in [0.1, 0.15) is 42.1 Å². The largest absolute Gasteiger partial charge is 0.478 e. The molecule has 1 aromatic carbocycles. The van der Waals surface area contributed by atoms with E-state index in [1.165, 1.54) is 16.4 Å². The normalized spacial score (nSPS) is 20.2. The van der Waals surface area contributed by atoms with Crippen LogP contribution in [0.15, 0.2) is 23.1 Å². The summed E-state index contributed by atoms with van der Waals surface area (Å²) in [7, 11) is -3.62. The maximum atomic E-state index is 12.7. The molecule has 1 atom stereocenters. The lowest BCUT2D eigenvalue weighted by Gasteiger charge is -2.24. The zero-order valence-electron chi connectivity index (χ0n) is 11.7. The Bertz CT molecular complexity index is 624. The van der Waals surface area contributed by atoms with Gasteiger partial charge >= 0.3 is 5.97 Å². The first-order chi connectivity index (χ1) is 9.37. The number of aryl methyl sites for hydroxylation is 1. The molecule has 1 N–H and O–H groups in total. The maximum absolute atomic E-state index is 12.7. The molecule has 20 heavy (non-hydrogen) atoms. The van der Waals surface area contributed by atoms with E-state index in [1.54, 1.807) is 13.0 Å². The summed E-state index contributed by atoms with van der Waals surface area (Å²) in [5.41, 5.74) is 0.582. The molecule has 110 valence electrons. The highest BCUT2D eigenvalue weighted by atomic mass is 32.2. The average molecular weight is 297 g/mol. The summed E-state index contributed by atoms with van der Waals surface area (Å²) in [4.78, 5) is 11.1. The highest BCUT2D eigenvalue weighted by Gasteiger charge is 2.35. The van der Waals surface area contributed by atoms with E-state index in [1.807, 2.05) is 6.92 Å². The van der Waals surface area contributed by atoms with Crippen LogP contribution < -0.4 is 0 Å². The van der Waals surface area contributed by atoms with Crippen LogP contribution in [0.4, 0.5) is 0 Å². The number of carboxylic acids is 1. The minimum atomic E-state index is -3.62. The lowest BCUT2D eigenvalue weighted by atomic mass is 10.1. The van der Waals surface area contributed by atoms with Crippen LogP contribution in [0.25, 0.3) is 0 Å². The Balaban J connectivity index is 2.48.